The van der Waals surface area contributed by atoms with Crippen molar-refractivity contribution in [1.29, 1.82) is 0 Å². The molecule has 0 aliphatic rings. The molecule has 1 N–H and O–H groups in total. The van der Waals surface area contributed by atoms with E-state index in [9.17, 15) is 9.18 Å². The molecule has 4 rings (SSSR count). The number of aromatic nitrogens is 4. The lowest BCUT2D eigenvalue weighted by Crippen LogP contribution is -2.13. The maximum Gasteiger partial charge on any atom is 0.412 e. The molecule has 0 aliphatic heterocycles. The van der Waals surface area contributed by atoms with Gasteiger partial charge in [0.25, 0.3) is 0 Å². The first-order valence-electron chi connectivity index (χ1n) is 9.44. The Morgan fingerprint density at radius 1 is 1.23 bits per heavy atom. The molecule has 0 bridgehead atoms. The molecule has 30 heavy (non-hydrogen) atoms. The van der Waals surface area contributed by atoms with Crippen LogP contribution >= 0.6 is 11.3 Å². The number of ether oxygens (including phenoxy) is 1. The van der Waals surface area contributed by atoms with Gasteiger partial charge < -0.3 is 4.74 Å². The number of fused-ring (bicyclic) bond motifs is 1. The van der Waals surface area contributed by atoms with Crippen LogP contribution in [-0.2, 0) is 17.9 Å². The van der Waals surface area contributed by atoms with Crippen molar-refractivity contribution in [1.82, 2.24) is 20.0 Å². The number of halogens is 1. The van der Waals surface area contributed by atoms with E-state index in [2.05, 4.69) is 20.6 Å². The van der Waals surface area contributed by atoms with E-state index in [1.165, 1.54) is 23.5 Å². The molecule has 0 saturated heterocycles. The first-order chi connectivity index (χ1) is 14.4. The van der Waals surface area contributed by atoms with Crippen LogP contribution in [0.2, 0.25) is 0 Å². The van der Waals surface area contributed by atoms with Gasteiger partial charge in [-0.3, -0.25) is 5.32 Å². The Kier molecular flexibility index (Phi) is 5.45. The second-order valence-corrected chi connectivity index (χ2v) is 7.82. The summed E-state index contributed by atoms with van der Waals surface area (Å²) in [5.74, 6) is -0.290. The van der Waals surface area contributed by atoms with Gasteiger partial charge in [0, 0.05) is 12.1 Å². The highest BCUT2D eigenvalue weighted by molar-refractivity contribution is 7.19. The largest absolute Gasteiger partial charge is 0.444 e. The van der Waals surface area contributed by atoms with Crippen LogP contribution < -0.4 is 5.32 Å². The number of thiazole rings is 1. The molecule has 0 saturated carbocycles. The number of carbonyl (C=O) groups is 1. The minimum absolute atomic E-state index is 0.114. The third-order valence-electron chi connectivity index (χ3n) is 4.68. The zero-order chi connectivity index (χ0) is 21.3. The maximum atomic E-state index is 13.4. The summed E-state index contributed by atoms with van der Waals surface area (Å²) < 4.78 is 20.5. The highest BCUT2D eigenvalue weighted by atomic mass is 32.1. The minimum atomic E-state index is -0.568. The molecule has 2 aromatic heterocycles. The summed E-state index contributed by atoms with van der Waals surface area (Å²) in [6.07, 6.45) is -0.568. The first kappa shape index (κ1) is 20.0. The fourth-order valence-electron chi connectivity index (χ4n) is 3.11. The Balaban J connectivity index is 1.42. The SMILES string of the molecule is CCn1nnc2cc(COC(=O)Nc3sc(-c4ccc(F)cc4C)nc3C)ccc21. The molecule has 0 unspecified atom stereocenters. The molecule has 9 heteroatoms. The minimum Gasteiger partial charge on any atom is -0.444 e. The van der Waals surface area contributed by atoms with Crippen LogP contribution in [0.5, 0.6) is 0 Å². The molecule has 1 amide bonds. The predicted octanol–water partition coefficient (Wildman–Crippen LogP) is 5.08. The lowest BCUT2D eigenvalue weighted by Gasteiger charge is -2.06. The summed E-state index contributed by atoms with van der Waals surface area (Å²) in [6, 6.07) is 10.2. The van der Waals surface area contributed by atoms with Gasteiger partial charge in [-0.05, 0) is 62.2 Å². The highest BCUT2D eigenvalue weighted by Crippen LogP contribution is 2.33. The smallest absolute Gasteiger partial charge is 0.412 e. The molecular weight excluding hydrogens is 405 g/mol. The third-order valence-corrected chi connectivity index (χ3v) is 5.78. The molecular formula is C21H20FN5O2S. The molecule has 7 nitrogen and oxygen atoms in total. The molecule has 0 spiro atoms. The second-order valence-electron chi connectivity index (χ2n) is 6.82. The van der Waals surface area contributed by atoms with E-state index in [0.29, 0.717) is 15.7 Å². The molecule has 4 aromatic rings. The normalized spacial score (nSPS) is 11.1. The fourth-order valence-corrected chi connectivity index (χ4v) is 4.16. The third kappa shape index (κ3) is 4.02. The van der Waals surface area contributed by atoms with Crippen molar-refractivity contribution in [3.05, 3.63) is 59.0 Å². The van der Waals surface area contributed by atoms with E-state index >= 15 is 0 Å². The van der Waals surface area contributed by atoms with Gasteiger partial charge in [-0.1, -0.05) is 22.6 Å². The Labute approximate surface area is 176 Å². The average Bonchev–Trinajstić information content (AvgIpc) is 3.29. The van der Waals surface area contributed by atoms with Crippen LogP contribution in [-0.4, -0.2) is 26.1 Å². The number of nitrogens with zero attached hydrogens (tertiary/aromatic N) is 4. The number of amides is 1. The zero-order valence-corrected chi connectivity index (χ0v) is 17.6. The lowest BCUT2D eigenvalue weighted by atomic mass is 10.1. The maximum absolute atomic E-state index is 13.4. The van der Waals surface area contributed by atoms with Crippen molar-refractivity contribution in [2.45, 2.75) is 33.9 Å². The number of hydrogen-bond acceptors (Lipinski definition) is 6. The number of nitrogens with one attached hydrogen (secondary N) is 1. The summed E-state index contributed by atoms with van der Waals surface area (Å²) >= 11 is 1.32. The summed E-state index contributed by atoms with van der Waals surface area (Å²) in [6.45, 7) is 6.48. The molecule has 0 atom stereocenters. The van der Waals surface area contributed by atoms with Crippen molar-refractivity contribution in [2.75, 3.05) is 5.32 Å². The summed E-state index contributed by atoms with van der Waals surface area (Å²) in [7, 11) is 0. The van der Waals surface area contributed by atoms with Gasteiger partial charge in [0.1, 0.15) is 27.9 Å². The Bertz CT molecular complexity index is 1230. The van der Waals surface area contributed by atoms with E-state index < -0.39 is 6.09 Å². The van der Waals surface area contributed by atoms with Crippen molar-refractivity contribution in [3.63, 3.8) is 0 Å². The van der Waals surface area contributed by atoms with Crippen LogP contribution in [0.4, 0.5) is 14.2 Å². The van der Waals surface area contributed by atoms with Crippen LogP contribution in [0.25, 0.3) is 21.6 Å². The van der Waals surface area contributed by atoms with Crippen LogP contribution in [0.15, 0.2) is 36.4 Å². The molecule has 0 radical (unpaired) electrons. The van der Waals surface area contributed by atoms with E-state index in [1.54, 1.807) is 17.7 Å². The number of hydrogen-bond donors (Lipinski definition) is 1. The standard InChI is InChI=1S/C21H20FN5O2S/c1-4-27-18-8-5-14(10-17(18)25-26-27)11-29-21(28)24-19-13(3)23-20(30-19)16-7-6-15(22)9-12(16)2/h5-10H,4,11H2,1-3H3,(H,24,28). The van der Waals surface area contributed by atoms with Gasteiger partial charge in [0.05, 0.1) is 11.2 Å². The molecule has 0 aliphatic carbocycles. The average molecular weight is 425 g/mol. The van der Waals surface area contributed by atoms with Crippen molar-refractivity contribution in [3.8, 4) is 10.6 Å². The quantitative estimate of drug-likeness (QED) is 0.482. The fraction of sp³-hybridized carbons (Fsp3) is 0.238. The molecule has 2 aromatic carbocycles. The summed E-state index contributed by atoms with van der Waals surface area (Å²) in [4.78, 5) is 16.8. The van der Waals surface area contributed by atoms with Gasteiger partial charge in [-0.2, -0.15) is 0 Å². The van der Waals surface area contributed by atoms with Crippen molar-refractivity contribution >= 4 is 33.5 Å². The van der Waals surface area contributed by atoms with Crippen molar-refractivity contribution < 1.29 is 13.9 Å². The van der Waals surface area contributed by atoms with Crippen LogP contribution in [0, 0.1) is 19.7 Å². The molecule has 0 fully saturated rings. The predicted molar refractivity (Wildman–Crippen MR) is 114 cm³/mol. The van der Waals surface area contributed by atoms with Gasteiger partial charge in [0.15, 0.2) is 0 Å². The Morgan fingerprint density at radius 3 is 2.83 bits per heavy atom. The van der Waals surface area contributed by atoms with E-state index in [-0.39, 0.29) is 12.4 Å². The van der Waals surface area contributed by atoms with Crippen LogP contribution in [0.3, 0.4) is 0 Å². The summed E-state index contributed by atoms with van der Waals surface area (Å²) in [5.41, 5.74) is 4.82. The lowest BCUT2D eigenvalue weighted by molar-refractivity contribution is 0.155. The summed E-state index contributed by atoms with van der Waals surface area (Å²) in [5, 5.41) is 12.3. The topological polar surface area (TPSA) is 81.9 Å². The first-order valence-corrected chi connectivity index (χ1v) is 10.3. The highest BCUT2D eigenvalue weighted by Gasteiger charge is 2.15. The number of carbonyl (C=O) groups excluding carboxylic acids is 1. The number of benzene rings is 2. The Morgan fingerprint density at radius 2 is 2.07 bits per heavy atom. The van der Waals surface area contributed by atoms with E-state index in [4.69, 9.17) is 4.74 Å². The van der Waals surface area contributed by atoms with Crippen LogP contribution in [0.1, 0.15) is 23.7 Å². The second kappa shape index (κ2) is 8.19. The van der Waals surface area contributed by atoms with Gasteiger partial charge >= 0.3 is 6.09 Å². The zero-order valence-electron chi connectivity index (χ0n) is 16.8. The van der Waals surface area contributed by atoms with Gasteiger partial charge in [-0.15, -0.1) is 5.10 Å². The van der Waals surface area contributed by atoms with Crippen molar-refractivity contribution in [2.24, 2.45) is 0 Å². The Hall–Kier alpha value is -3.33. The monoisotopic (exact) mass is 425 g/mol. The van der Waals surface area contributed by atoms with Gasteiger partial charge in [0.2, 0.25) is 0 Å². The van der Waals surface area contributed by atoms with E-state index in [0.717, 1.165) is 34.3 Å². The number of aryl methyl sites for hydroxylation is 3. The number of anilines is 1. The van der Waals surface area contributed by atoms with E-state index in [1.807, 2.05) is 32.0 Å². The van der Waals surface area contributed by atoms with Gasteiger partial charge in [-0.25, -0.2) is 18.9 Å². The number of rotatable bonds is 5. The molecule has 154 valence electrons. The molecule has 2 heterocycles.